The number of thiazole rings is 1. The number of carbonyl (C=O) groups is 1. The Labute approximate surface area is 117 Å². The summed E-state index contributed by atoms with van der Waals surface area (Å²) < 4.78 is 2.05. The van der Waals surface area contributed by atoms with Crippen LogP contribution in [0.4, 0.5) is 0 Å². The molecule has 1 aliphatic rings. The highest BCUT2D eigenvalue weighted by Gasteiger charge is 2.30. The van der Waals surface area contributed by atoms with Gasteiger partial charge in [-0.15, -0.1) is 11.3 Å². The minimum absolute atomic E-state index is 0.294. The lowest BCUT2D eigenvalue weighted by atomic mass is 10.1. The number of hydrogen-bond acceptors (Lipinski definition) is 3. The average molecular weight is 274 g/mol. The fourth-order valence-corrected chi connectivity index (χ4v) is 2.94. The standard InChI is InChI=1S/C15H18N2OS/c1-10(2)15-16-13(9-19-15)8-17-6-5-12(7-17)14(18)11-3-4-11/h5-7,9-11H,3-4,8H2,1-2H3. The highest BCUT2D eigenvalue weighted by Crippen LogP contribution is 2.32. The maximum Gasteiger partial charge on any atom is 0.167 e. The van der Waals surface area contributed by atoms with Crippen LogP contribution in [0, 0.1) is 5.92 Å². The van der Waals surface area contributed by atoms with Crippen LogP contribution >= 0.6 is 11.3 Å². The van der Waals surface area contributed by atoms with Gasteiger partial charge in [-0.2, -0.15) is 0 Å². The van der Waals surface area contributed by atoms with E-state index in [4.69, 9.17) is 0 Å². The molecule has 1 aliphatic carbocycles. The van der Waals surface area contributed by atoms with Crippen LogP contribution in [-0.2, 0) is 6.54 Å². The van der Waals surface area contributed by atoms with Crippen molar-refractivity contribution in [2.24, 2.45) is 5.92 Å². The molecule has 0 amide bonds. The summed E-state index contributed by atoms with van der Waals surface area (Å²) in [7, 11) is 0. The van der Waals surface area contributed by atoms with Gasteiger partial charge in [-0.1, -0.05) is 13.8 Å². The normalized spacial score (nSPS) is 15.1. The summed E-state index contributed by atoms with van der Waals surface area (Å²) in [6.07, 6.45) is 6.06. The molecule has 0 aromatic carbocycles. The summed E-state index contributed by atoms with van der Waals surface area (Å²) >= 11 is 1.71. The van der Waals surface area contributed by atoms with Gasteiger partial charge in [0.2, 0.25) is 0 Å². The van der Waals surface area contributed by atoms with E-state index >= 15 is 0 Å². The minimum Gasteiger partial charge on any atom is -0.348 e. The van der Waals surface area contributed by atoms with E-state index in [-0.39, 0.29) is 0 Å². The predicted molar refractivity (Wildman–Crippen MR) is 76.8 cm³/mol. The van der Waals surface area contributed by atoms with E-state index in [9.17, 15) is 4.79 Å². The van der Waals surface area contributed by atoms with Crippen LogP contribution in [0.15, 0.2) is 23.8 Å². The molecule has 0 spiro atoms. The second-order valence-corrected chi connectivity index (χ2v) is 6.43. The van der Waals surface area contributed by atoms with E-state index in [0.29, 0.717) is 17.6 Å². The second kappa shape index (κ2) is 4.93. The Morgan fingerprint density at radius 2 is 2.32 bits per heavy atom. The zero-order valence-electron chi connectivity index (χ0n) is 11.3. The van der Waals surface area contributed by atoms with Crippen LogP contribution in [0.1, 0.15) is 53.7 Å². The molecule has 2 aromatic heterocycles. The smallest absolute Gasteiger partial charge is 0.167 e. The molecule has 0 radical (unpaired) electrons. The van der Waals surface area contributed by atoms with Crippen LogP contribution in [0.3, 0.4) is 0 Å². The van der Waals surface area contributed by atoms with Crippen molar-refractivity contribution in [1.82, 2.24) is 9.55 Å². The first-order chi connectivity index (χ1) is 9.13. The minimum atomic E-state index is 0.294. The van der Waals surface area contributed by atoms with Gasteiger partial charge in [0.05, 0.1) is 17.2 Å². The molecule has 2 heterocycles. The maximum atomic E-state index is 11.9. The molecule has 1 saturated carbocycles. The van der Waals surface area contributed by atoms with Gasteiger partial charge < -0.3 is 4.57 Å². The Morgan fingerprint density at radius 1 is 1.53 bits per heavy atom. The van der Waals surface area contributed by atoms with Gasteiger partial charge in [0.25, 0.3) is 0 Å². The number of aromatic nitrogens is 2. The number of carbonyl (C=O) groups excluding carboxylic acids is 1. The summed E-state index contributed by atoms with van der Waals surface area (Å²) in [6, 6.07) is 1.93. The van der Waals surface area contributed by atoms with Crippen molar-refractivity contribution in [3.05, 3.63) is 40.1 Å². The first-order valence-corrected chi connectivity index (χ1v) is 7.65. The summed E-state index contributed by atoms with van der Waals surface area (Å²) in [4.78, 5) is 16.6. The van der Waals surface area contributed by atoms with Crippen LogP contribution in [0.25, 0.3) is 0 Å². The second-order valence-electron chi connectivity index (χ2n) is 5.54. The molecule has 0 aliphatic heterocycles. The summed E-state index contributed by atoms with van der Waals surface area (Å²) in [5.74, 6) is 1.08. The van der Waals surface area contributed by atoms with E-state index in [1.165, 1.54) is 5.01 Å². The van der Waals surface area contributed by atoms with Crippen molar-refractivity contribution < 1.29 is 4.79 Å². The van der Waals surface area contributed by atoms with Gasteiger partial charge in [-0.05, 0) is 18.9 Å². The molecular formula is C15H18N2OS. The van der Waals surface area contributed by atoms with E-state index in [2.05, 4.69) is 28.8 Å². The molecule has 0 bridgehead atoms. The zero-order valence-corrected chi connectivity index (χ0v) is 12.1. The lowest BCUT2D eigenvalue weighted by Crippen LogP contribution is -2.01. The summed E-state index contributed by atoms with van der Waals surface area (Å²) in [5.41, 5.74) is 1.93. The van der Waals surface area contributed by atoms with E-state index in [1.807, 2.05) is 18.5 Å². The fraction of sp³-hybridized carbons (Fsp3) is 0.467. The van der Waals surface area contributed by atoms with Gasteiger partial charge in [-0.3, -0.25) is 4.79 Å². The third kappa shape index (κ3) is 2.78. The summed E-state index contributed by atoms with van der Waals surface area (Å²) in [6.45, 7) is 5.07. The van der Waals surface area contributed by atoms with Crippen molar-refractivity contribution in [3.63, 3.8) is 0 Å². The third-order valence-electron chi connectivity index (χ3n) is 3.39. The number of hydrogen-bond donors (Lipinski definition) is 0. The van der Waals surface area contributed by atoms with Gasteiger partial charge in [0, 0.05) is 35.2 Å². The first kappa shape index (κ1) is 12.6. The lowest BCUT2D eigenvalue weighted by Gasteiger charge is -2.00. The van der Waals surface area contributed by atoms with Gasteiger partial charge in [0.1, 0.15) is 0 Å². The molecule has 0 N–H and O–H groups in total. The molecule has 0 unspecified atom stereocenters. The summed E-state index contributed by atoms with van der Waals surface area (Å²) in [5, 5.41) is 3.29. The SMILES string of the molecule is CC(C)c1nc(Cn2ccc(C(=O)C3CC3)c2)cs1. The zero-order chi connectivity index (χ0) is 13.4. The molecule has 3 rings (SSSR count). The van der Waals surface area contributed by atoms with Crippen LogP contribution in [0.5, 0.6) is 0 Å². The fourth-order valence-electron chi connectivity index (χ4n) is 2.11. The van der Waals surface area contributed by atoms with Crippen molar-refractivity contribution in [2.45, 2.75) is 39.2 Å². The van der Waals surface area contributed by atoms with Gasteiger partial charge in [0.15, 0.2) is 5.78 Å². The molecule has 2 aromatic rings. The van der Waals surface area contributed by atoms with Crippen LogP contribution in [0.2, 0.25) is 0 Å². The van der Waals surface area contributed by atoms with Crippen molar-refractivity contribution >= 4 is 17.1 Å². The van der Waals surface area contributed by atoms with Crippen molar-refractivity contribution in [2.75, 3.05) is 0 Å². The Kier molecular flexibility index (Phi) is 3.27. The number of Topliss-reactive ketones (excluding diaryl/α,β-unsaturated/α-hetero) is 1. The largest absolute Gasteiger partial charge is 0.348 e. The van der Waals surface area contributed by atoms with Gasteiger partial charge in [-0.25, -0.2) is 4.98 Å². The Balaban J connectivity index is 1.70. The first-order valence-electron chi connectivity index (χ1n) is 6.78. The highest BCUT2D eigenvalue weighted by atomic mass is 32.1. The quantitative estimate of drug-likeness (QED) is 0.779. The topological polar surface area (TPSA) is 34.9 Å². The Hall–Kier alpha value is -1.42. The number of nitrogens with zero attached hydrogens (tertiary/aromatic N) is 2. The predicted octanol–water partition coefficient (Wildman–Crippen LogP) is 3.71. The number of rotatable bonds is 5. The molecule has 0 atom stereocenters. The van der Waals surface area contributed by atoms with Crippen LogP contribution < -0.4 is 0 Å². The lowest BCUT2D eigenvalue weighted by molar-refractivity contribution is 0.0967. The van der Waals surface area contributed by atoms with Crippen LogP contribution in [-0.4, -0.2) is 15.3 Å². The van der Waals surface area contributed by atoms with E-state index in [1.54, 1.807) is 11.3 Å². The molecule has 4 heteroatoms. The molecular weight excluding hydrogens is 256 g/mol. The average Bonchev–Trinajstić information content (AvgIpc) is 2.94. The monoisotopic (exact) mass is 274 g/mol. The van der Waals surface area contributed by atoms with Crippen molar-refractivity contribution in [3.8, 4) is 0 Å². The van der Waals surface area contributed by atoms with E-state index < -0.39 is 0 Å². The molecule has 19 heavy (non-hydrogen) atoms. The van der Waals surface area contributed by atoms with Crippen molar-refractivity contribution in [1.29, 1.82) is 0 Å². The maximum absolute atomic E-state index is 11.9. The van der Waals surface area contributed by atoms with Gasteiger partial charge >= 0.3 is 0 Å². The third-order valence-corrected chi connectivity index (χ3v) is 4.59. The Bertz CT molecular complexity index is 593. The molecule has 1 fully saturated rings. The van der Waals surface area contributed by atoms with E-state index in [0.717, 1.165) is 30.6 Å². The molecule has 100 valence electrons. The highest BCUT2D eigenvalue weighted by molar-refractivity contribution is 7.09. The molecule has 3 nitrogen and oxygen atoms in total. The molecule has 0 saturated heterocycles. The Morgan fingerprint density at radius 3 is 2.95 bits per heavy atom. The number of ketones is 1.